The van der Waals surface area contributed by atoms with Gasteiger partial charge in [-0.2, -0.15) is 5.10 Å². The van der Waals surface area contributed by atoms with E-state index in [0.717, 1.165) is 6.42 Å². The highest BCUT2D eigenvalue weighted by Gasteiger charge is 2.33. The summed E-state index contributed by atoms with van der Waals surface area (Å²) in [4.78, 5) is 16.4. The topological polar surface area (TPSA) is 69.0 Å². The van der Waals surface area contributed by atoms with Crippen LogP contribution in [-0.2, 0) is 9.53 Å². The molecule has 22 heavy (non-hydrogen) atoms. The molecule has 1 N–H and O–H groups in total. The highest BCUT2D eigenvalue weighted by Crippen LogP contribution is 2.32. The van der Waals surface area contributed by atoms with Crippen molar-refractivity contribution in [3.05, 3.63) is 36.8 Å². The maximum Gasteiger partial charge on any atom is 0.226 e. The van der Waals surface area contributed by atoms with Crippen molar-refractivity contribution in [3.63, 3.8) is 0 Å². The number of rotatable bonds is 4. The van der Waals surface area contributed by atoms with Crippen molar-refractivity contribution in [2.45, 2.75) is 32.8 Å². The lowest BCUT2D eigenvalue weighted by Gasteiger charge is -2.14. The standard InChI is InChI=1S/C16H20N4O2/c1-16(2)10-13(22-11-16)9-15(21)19-12-4-6-17-14(8-12)20-7-3-5-18-20/h3-8,13H,9-11H2,1-2H3,(H,17,19,21). The van der Waals surface area contributed by atoms with Crippen LogP contribution < -0.4 is 5.32 Å². The molecule has 3 heterocycles. The van der Waals surface area contributed by atoms with Crippen LogP contribution in [0.3, 0.4) is 0 Å². The van der Waals surface area contributed by atoms with Gasteiger partial charge in [-0.15, -0.1) is 0 Å². The van der Waals surface area contributed by atoms with E-state index >= 15 is 0 Å². The third kappa shape index (κ3) is 3.51. The van der Waals surface area contributed by atoms with Crippen LogP contribution in [0.5, 0.6) is 0 Å². The number of hydrogen-bond acceptors (Lipinski definition) is 4. The molecule has 0 radical (unpaired) electrons. The predicted octanol–water partition coefficient (Wildman–Crippen LogP) is 2.41. The van der Waals surface area contributed by atoms with Gasteiger partial charge in [0.2, 0.25) is 5.91 Å². The second kappa shape index (κ2) is 5.88. The highest BCUT2D eigenvalue weighted by molar-refractivity contribution is 5.91. The largest absolute Gasteiger partial charge is 0.377 e. The number of nitrogens with zero attached hydrogens (tertiary/aromatic N) is 3. The van der Waals surface area contributed by atoms with Gasteiger partial charge in [-0.1, -0.05) is 13.8 Å². The first-order valence-corrected chi connectivity index (χ1v) is 7.39. The molecule has 116 valence electrons. The zero-order chi connectivity index (χ0) is 15.6. The van der Waals surface area contributed by atoms with E-state index in [-0.39, 0.29) is 17.4 Å². The highest BCUT2D eigenvalue weighted by atomic mass is 16.5. The molecule has 0 spiro atoms. The summed E-state index contributed by atoms with van der Waals surface area (Å²) < 4.78 is 7.32. The second-order valence-electron chi connectivity index (χ2n) is 6.41. The van der Waals surface area contributed by atoms with Crippen molar-refractivity contribution < 1.29 is 9.53 Å². The van der Waals surface area contributed by atoms with Crippen LogP contribution in [0.4, 0.5) is 5.69 Å². The fourth-order valence-electron chi connectivity index (χ4n) is 2.65. The van der Waals surface area contributed by atoms with Crippen LogP contribution in [0, 0.1) is 5.41 Å². The number of aromatic nitrogens is 3. The van der Waals surface area contributed by atoms with Crippen LogP contribution in [-0.4, -0.2) is 33.4 Å². The molecular weight excluding hydrogens is 280 g/mol. The quantitative estimate of drug-likeness (QED) is 0.941. The van der Waals surface area contributed by atoms with Gasteiger partial charge in [-0.05, 0) is 24.0 Å². The van der Waals surface area contributed by atoms with E-state index < -0.39 is 0 Å². The smallest absolute Gasteiger partial charge is 0.226 e. The monoisotopic (exact) mass is 300 g/mol. The summed E-state index contributed by atoms with van der Waals surface area (Å²) in [6.45, 7) is 5.03. The zero-order valence-corrected chi connectivity index (χ0v) is 12.8. The number of ether oxygens (including phenoxy) is 1. The fraction of sp³-hybridized carbons (Fsp3) is 0.438. The van der Waals surface area contributed by atoms with Gasteiger partial charge in [0.1, 0.15) is 0 Å². The molecule has 1 fully saturated rings. The van der Waals surface area contributed by atoms with Gasteiger partial charge in [0.15, 0.2) is 5.82 Å². The van der Waals surface area contributed by atoms with Crippen molar-refractivity contribution in [2.24, 2.45) is 5.41 Å². The molecule has 1 aliphatic rings. The molecule has 1 unspecified atom stereocenters. The molecular formula is C16H20N4O2. The lowest BCUT2D eigenvalue weighted by atomic mass is 9.90. The molecule has 6 heteroatoms. The summed E-state index contributed by atoms with van der Waals surface area (Å²) >= 11 is 0. The first kappa shape index (κ1) is 14.7. The average Bonchev–Trinajstić information content (AvgIpc) is 3.09. The number of amides is 1. The Morgan fingerprint density at radius 3 is 3.05 bits per heavy atom. The summed E-state index contributed by atoms with van der Waals surface area (Å²) in [6.07, 6.45) is 6.44. The SMILES string of the molecule is CC1(C)COC(CC(=O)Nc2ccnc(-n3cccn3)c2)C1. The normalized spacial score (nSPS) is 20.0. The van der Waals surface area contributed by atoms with Crippen molar-refractivity contribution in [3.8, 4) is 5.82 Å². The summed E-state index contributed by atoms with van der Waals surface area (Å²) in [5.41, 5.74) is 0.872. The molecule has 1 aliphatic heterocycles. The van der Waals surface area contributed by atoms with Gasteiger partial charge in [0.05, 0.1) is 19.1 Å². The van der Waals surface area contributed by atoms with Gasteiger partial charge in [-0.25, -0.2) is 9.67 Å². The summed E-state index contributed by atoms with van der Waals surface area (Å²) in [6, 6.07) is 5.39. The van der Waals surface area contributed by atoms with E-state index in [1.165, 1.54) is 0 Å². The third-order valence-electron chi connectivity index (χ3n) is 3.67. The maximum atomic E-state index is 12.1. The molecule has 6 nitrogen and oxygen atoms in total. The summed E-state index contributed by atoms with van der Waals surface area (Å²) in [5, 5.41) is 7.03. The Morgan fingerprint density at radius 1 is 1.50 bits per heavy atom. The minimum atomic E-state index is -0.0414. The predicted molar refractivity (Wildman–Crippen MR) is 82.7 cm³/mol. The molecule has 0 aliphatic carbocycles. The number of nitrogens with one attached hydrogen (secondary N) is 1. The van der Waals surface area contributed by atoms with Crippen LogP contribution >= 0.6 is 0 Å². The lowest BCUT2D eigenvalue weighted by Crippen LogP contribution is -2.20. The molecule has 3 rings (SSSR count). The minimum absolute atomic E-state index is 0.00224. The zero-order valence-electron chi connectivity index (χ0n) is 12.8. The van der Waals surface area contributed by atoms with Crippen molar-refractivity contribution >= 4 is 11.6 Å². The van der Waals surface area contributed by atoms with Gasteiger partial charge >= 0.3 is 0 Å². The van der Waals surface area contributed by atoms with E-state index in [9.17, 15) is 4.79 Å². The fourth-order valence-corrected chi connectivity index (χ4v) is 2.65. The van der Waals surface area contributed by atoms with E-state index in [4.69, 9.17) is 4.74 Å². The number of carbonyl (C=O) groups excluding carboxylic acids is 1. The van der Waals surface area contributed by atoms with Gasteiger partial charge in [0.25, 0.3) is 0 Å². The number of pyridine rings is 1. The molecule has 0 saturated carbocycles. The Morgan fingerprint density at radius 2 is 2.36 bits per heavy atom. The maximum absolute atomic E-state index is 12.1. The van der Waals surface area contributed by atoms with E-state index in [2.05, 4.69) is 29.2 Å². The van der Waals surface area contributed by atoms with Crippen molar-refractivity contribution in [2.75, 3.05) is 11.9 Å². The average molecular weight is 300 g/mol. The van der Waals surface area contributed by atoms with Gasteiger partial charge in [-0.3, -0.25) is 4.79 Å². The van der Waals surface area contributed by atoms with E-state index in [1.54, 1.807) is 29.2 Å². The Labute approximate surface area is 129 Å². The first-order chi connectivity index (χ1) is 10.5. The molecule has 1 amide bonds. The Kier molecular flexibility index (Phi) is 3.94. The molecule has 1 atom stereocenters. The summed E-state index contributed by atoms with van der Waals surface area (Å²) in [7, 11) is 0. The molecule has 2 aromatic heterocycles. The van der Waals surface area contributed by atoms with E-state index in [1.807, 2.05) is 12.3 Å². The number of carbonyl (C=O) groups is 1. The van der Waals surface area contributed by atoms with Crippen LogP contribution in [0.1, 0.15) is 26.7 Å². The first-order valence-electron chi connectivity index (χ1n) is 7.39. The van der Waals surface area contributed by atoms with Gasteiger partial charge < -0.3 is 10.1 Å². The third-order valence-corrected chi connectivity index (χ3v) is 3.67. The van der Waals surface area contributed by atoms with E-state index in [0.29, 0.717) is 24.5 Å². The van der Waals surface area contributed by atoms with Crippen molar-refractivity contribution in [1.29, 1.82) is 0 Å². The Hall–Kier alpha value is -2.21. The van der Waals surface area contributed by atoms with Gasteiger partial charge in [0, 0.05) is 30.3 Å². The van der Waals surface area contributed by atoms with Crippen LogP contribution in [0.15, 0.2) is 36.8 Å². The Bertz CT molecular complexity index is 652. The number of hydrogen-bond donors (Lipinski definition) is 1. The lowest BCUT2D eigenvalue weighted by molar-refractivity contribution is -0.118. The molecule has 2 aromatic rings. The minimum Gasteiger partial charge on any atom is -0.377 e. The number of anilines is 1. The van der Waals surface area contributed by atoms with Crippen molar-refractivity contribution in [1.82, 2.24) is 14.8 Å². The second-order valence-corrected chi connectivity index (χ2v) is 6.41. The molecule has 0 aromatic carbocycles. The summed E-state index contributed by atoms with van der Waals surface area (Å²) in [5.74, 6) is 0.626. The Balaban J connectivity index is 1.61. The molecule has 0 bridgehead atoms. The molecule has 1 saturated heterocycles. The van der Waals surface area contributed by atoms with Crippen LogP contribution in [0.25, 0.3) is 5.82 Å². The van der Waals surface area contributed by atoms with Crippen LogP contribution in [0.2, 0.25) is 0 Å².